The van der Waals surface area contributed by atoms with Crippen molar-refractivity contribution in [3.63, 3.8) is 0 Å². The number of hydrogen-bond acceptors (Lipinski definition) is 5. The van der Waals surface area contributed by atoms with Gasteiger partial charge in [-0.1, -0.05) is 12.1 Å². The number of benzene rings is 1. The molecule has 2 fully saturated rings. The van der Waals surface area contributed by atoms with E-state index in [1.165, 1.54) is 42.5 Å². The lowest BCUT2D eigenvalue weighted by molar-refractivity contribution is 0.102. The van der Waals surface area contributed by atoms with E-state index in [9.17, 15) is 4.79 Å². The summed E-state index contributed by atoms with van der Waals surface area (Å²) in [5.41, 5.74) is 13.8. The fourth-order valence-corrected chi connectivity index (χ4v) is 4.61. The first-order valence-corrected chi connectivity index (χ1v) is 9.38. The highest BCUT2D eigenvalue weighted by atomic mass is 16.1. The lowest BCUT2D eigenvalue weighted by Gasteiger charge is -2.44. The normalized spacial score (nSPS) is 26.8. The Kier molecular flexibility index (Phi) is 4.32. The van der Waals surface area contributed by atoms with Crippen molar-refractivity contribution >= 4 is 5.82 Å². The van der Waals surface area contributed by atoms with Crippen molar-refractivity contribution in [2.24, 2.45) is 11.1 Å². The standard InChI is InChI=1S/C20H27N5O/c1-14(24-9-7-20(13-24)11-16(21)12-20)10-15-2-4-17(5-3-15)25-8-6-18(22)23-19(25)26/h2-6,8,14,16H,7,9-13,21H2,1H3,(H2,22,23,26). The van der Waals surface area contributed by atoms with Crippen LogP contribution in [0.15, 0.2) is 41.3 Å². The van der Waals surface area contributed by atoms with E-state index in [0.717, 1.165) is 12.1 Å². The average molecular weight is 353 g/mol. The molecular formula is C20H27N5O. The summed E-state index contributed by atoms with van der Waals surface area (Å²) in [7, 11) is 0. The van der Waals surface area contributed by atoms with Crippen LogP contribution in [0.4, 0.5) is 5.82 Å². The Morgan fingerprint density at radius 2 is 2.00 bits per heavy atom. The second-order valence-corrected chi connectivity index (χ2v) is 8.11. The molecule has 1 aromatic carbocycles. The van der Waals surface area contributed by atoms with Gasteiger partial charge in [-0.25, -0.2) is 4.79 Å². The summed E-state index contributed by atoms with van der Waals surface area (Å²) in [5, 5.41) is 0. The van der Waals surface area contributed by atoms with Crippen molar-refractivity contribution in [2.75, 3.05) is 18.8 Å². The molecule has 2 heterocycles. The number of likely N-dealkylation sites (tertiary alicyclic amines) is 1. The van der Waals surface area contributed by atoms with E-state index in [1.54, 1.807) is 12.3 Å². The van der Waals surface area contributed by atoms with Gasteiger partial charge in [-0.3, -0.25) is 9.47 Å². The van der Waals surface area contributed by atoms with Crippen molar-refractivity contribution in [1.29, 1.82) is 0 Å². The van der Waals surface area contributed by atoms with E-state index in [0.29, 0.717) is 17.5 Å². The third-order valence-corrected chi connectivity index (χ3v) is 6.05. The van der Waals surface area contributed by atoms with E-state index in [1.807, 2.05) is 12.1 Å². The molecule has 2 aromatic rings. The Labute approximate surface area is 153 Å². The largest absolute Gasteiger partial charge is 0.383 e. The summed E-state index contributed by atoms with van der Waals surface area (Å²) in [6, 6.07) is 10.7. The number of rotatable bonds is 4. The molecule has 138 valence electrons. The maximum absolute atomic E-state index is 12.0. The molecule has 1 aromatic heterocycles. The van der Waals surface area contributed by atoms with Gasteiger partial charge in [0.1, 0.15) is 5.82 Å². The van der Waals surface area contributed by atoms with Crippen LogP contribution in [0.3, 0.4) is 0 Å². The van der Waals surface area contributed by atoms with Gasteiger partial charge in [0.2, 0.25) is 0 Å². The van der Waals surface area contributed by atoms with Gasteiger partial charge in [-0.15, -0.1) is 0 Å². The molecule has 1 spiro atoms. The summed E-state index contributed by atoms with van der Waals surface area (Å²) >= 11 is 0. The molecule has 1 unspecified atom stereocenters. The highest BCUT2D eigenvalue weighted by Crippen LogP contribution is 2.47. The van der Waals surface area contributed by atoms with Gasteiger partial charge in [0.05, 0.1) is 5.69 Å². The van der Waals surface area contributed by atoms with Gasteiger partial charge < -0.3 is 11.5 Å². The lowest BCUT2D eigenvalue weighted by atomic mass is 9.65. The minimum Gasteiger partial charge on any atom is -0.383 e. The van der Waals surface area contributed by atoms with Crippen molar-refractivity contribution in [2.45, 2.75) is 44.7 Å². The van der Waals surface area contributed by atoms with Crippen LogP contribution >= 0.6 is 0 Å². The van der Waals surface area contributed by atoms with E-state index in [2.05, 4.69) is 28.9 Å². The molecule has 6 heteroatoms. The zero-order chi connectivity index (χ0) is 18.3. The van der Waals surface area contributed by atoms with E-state index >= 15 is 0 Å². The van der Waals surface area contributed by atoms with Gasteiger partial charge in [0.15, 0.2) is 0 Å². The summed E-state index contributed by atoms with van der Waals surface area (Å²) in [4.78, 5) is 18.3. The molecule has 0 bridgehead atoms. The molecule has 1 saturated heterocycles. The number of anilines is 1. The number of nitrogens with zero attached hydrogens (tertiary/aromatic N) is 3. The second kappa shape index (κ2) is 6.52. The summed E-state index contributed by atoms with van der Waals surface area (Å²) in [5.74, 6) is 0.243. The van der Waals surface area contributed by atoms with Crippen LogP contribution in [0.5, 0.6) is 0 Å². The Morgan fingerprint density at radius 3 is 2.65 bits per heavy atom. The third-order valence-electron chi connectivity index (χ3n) is 6.05. The molecule has 6 nitrogen and oxygen atoms in total. The van der Waals surface area contributed by atoms with E-state index < -0.39 is 0 Å². The highest BCUT2D eigenvalue weighted by Gasteiger charge is 2.47. The van der Waals surface area contributed by atoms with Gasteiger partial charge in [0, 0.05) is 24.8 Å². The zero-order valence-electron chi connectivity index (χ0n) is 15.3. The molecule has 4 N–H and O–H groups in total. The summed E-state index contributed by atoms with van der Waals surface area (Å²) in [6.45, 7) is 4.67. The smallest absolute Gasteiger partial charge is 0.354 e. The fourth-order valence-electron chi connectivity index (χ4n) is 4.61. The van der Waals surface area contributed by atoms with Crippen molar-refractivity contribution in [1.82, 2.24) is 14.5 Å². The molecule has 0 amide bonds. The zero-order valence-corrected chi connectivity index (χ0v) is 15.3. The van der Waals surface area contributed by atoms with Crippen LogP contribution in [0.1, 0.15) is 31.7 Å². The van der Waals surface area contributed by atoms with E-state index in [4.69, 9.17) is 11.5 Å². The Bertz CT molecular complexity index is 838. The van der Waals surface area contributed by atoms with Gasteiger partial charge in [0.25, 0.3) is 0 Å². The van der Waals surface area contributed by atoms with Crippen LogP contribution in [0, 0.1) is 5.41 Å². The Morgan fingerprint density at radius 1 is 1.27 bits per heavy atom. The second-order valence-electron chi connectivity index (χ2n) is 8.11. The first-order valence-electron chi connectivity index (χ1n) is 9.38. The molecule has 26 heavy (non-hydrogen) atoms. The number of hydrogen-bond donors (Lipinski definition) is 2. The first kappa shape index (κ1) is 17.2. The van der Waals surface area contributed by atoms with Crippen molar-refractivity contribution in [3.8, 4) is 5.69 Å². The van der Waals surface area contributed by atoms with Crippen LogP contribution in [0.25, 0.3) is 5.69 Å². The first-order chi connectivity index (χ1) is 12.4. The monoisotopic (exact) mass is 353 g/mol. The molecular weight excluding hydrogens is 326 g/mol. The molecule has 2 aliphatic rings. The number of aromatic nitrogens is 2. The quantitative estimate of drug-likeness (QED) is 0.870. The highest BCUT2D eigenvalue weighted by molar-refractivity contribution is 5.36. The predicted octanol–water partition coefficient (Wildman–Crippen LogP) is 1.56. The molecule has 1 atom stereocenters. The molecule has 1 saturated carbocycles. The molecule has 4 rings (SSSR count). The topological polar surface area (TPSA) is 90.2 Å². The lowest BCUT2D eigenvalue weighted by Crippen LogP contribution is -2.48. The Balaban J connectivity index is 1.40. The van der Waals surface area contributed by atoms with Gasteiger partial charge in [-0.05, 0) is 68.3 Å². The maximum Gasteiger partial charge on any atom is 0.354 e. The third kappa shape index (κ3) is 3.27. The predicted molar refractivity (Wildman–Crippen MR) is 103 cm³/mol. The number of nitrogen functional groups attached to an aromatic ring is 1. The van der Waals surface area contributed by atoms with Gasteiger partial charge >= 0.3 is 5.69 Å². The molecule has 1 aliphatic carbocycles. The minimum atomic E-state index is -0.354. The maximum atomic E-state index is 12.0. The average Bonchev–Trinajstić information content (AvgIpc) is 3.01. The van der Waals surface area contributed by atoms with Crippen molar-refractivity contribution in [3.05, 3.63) is 52.6 Å². The fraction of sp³-hybridized carbons (Fsp3) is 0.500. The van der Waals surface area contributed by atoms with Crippen LogP contribution in [0.2, 0.25) is 0 Å². The van der Waals surface area contributed by atoms with Crippen LogP contribution in [-0.4, -0.2) is 39.6 Å². The molecule has 0 radical (unpaired) electrons. The number of nitrogens with two attached hydrogens (primary N) is 2. The molecule has 1 aliphatic heterocycles. The van der Waals surface area contributed by atoms with Crippen LogP contribution < -0.4 is 17.2 Å². The minimum absolute atomic E-state index is 0.243. The van der Waals surface area contributed by atoms with Crippen molar-refractivity contribution < 1.29 is 0 Å². The van der Waals surface area contributed by atoms with Gasteiger partial charge in [-0.2, -0.15) is 4.98 Å². The SMILES string of the molecule is CC(Cc1ccc(-n2ccc(N)nc2=O)cc1)N1CCC2(CC(N)C2)C1. The Hall–Kier alpha value is -2.18. The summed E-state index contributed by atoms with van der Waals surface area (Å²) < 4.78 is 1.51. The van der Waals surface area contributed by atoms with Crippen LogP contribution in [-0.2, 0) is 6.42 Å². The van der Waals surface area contributed by atoms with E-state index in [-0.39, 0.29) is 11.5 Å². The summed E-state index contributed by atoms with van der Waals surface area (Å²) in [6.07, 6.45) is 6.34.